The SMILES string of the molecule is CCc1c(OC)cc(OC2OC(CO)C(O)(CCc3ccnc(N)c3)C(O)C2O)c2c1C(=O)c1cc(C)cc(O)c1C2=O. The minimum atomic E-state index is -2.09. The highest BCUT2D eigenvalue weighted by molar-refractivity contribution is 6.31. The van der Waals surface area contributed by atoms with Crippen molar-refractivity contribution in [2.75, 3.05) is 19.5 Å². The van der Waals surface area contributed by atoms with Gasteiger partial charge in [0, 0.05) is 29.0 Å². The van der Waals surface area contributed by atoms with Gasteiger partial charge in [-0.05, 0) is 61.6 Å². The Hall–Kier alpha value is -4.07. The number of aromatic nitrogens is 1. The molecule has 1 aromatic heterocycles. The van der Waals surface area contributed by atoms with Crippen LogP contribution < -0.4 is 15.2 Å². The number of benzene rings is 2. The summed E-state index contributed by atoms with van der Waals surface area (Å²) in [7, 11) is 1.39. The first kappa shape index (κ1) is 30.4. The molecule has 1 fully saturated rings. The molecule has 0 amide bonds. The first-order valence-corrected chi connectivity index (χ1v) is 13.8. The molecule has 2 aromatic carbocycles. The van der Waals surface area contributed by atoms with Crippen LogP contribution in [0, 0.1) is 6.92 Å². The maximum atomic E-state index is 13.9. The molecule has 7 N–H and O–H groups in total. The number of phenolic OH excluding ortho intramolecular Hbond substituents is 1. The predicted molar refractivity (Wildman–Crippen MR) is 152 cm³/mol. The van der Waals surface area contributed by atoms with Crippen molar-refractivity contribution < 1.29 is 49.3 Å². The van der Waals surface area contributed by atoms with Gasteiger partial charge in [0.2, 0.25) is 12.1 Å². The number of nitrogens with two attached hydrogens (primary N) is 1. The molecule has 2 aliphatic rings. The van der Waals surface area contributed by atoms with Crippen LogP contribution in [0.3, 0.4) is 0 Å². The fourth-order valence-corrected chi connectivity index (χ4v) is 5.94. The molecule has 5 rings (SSSR count). The summed E-state index contributed by atoms with van der Waals surface area (Å²) in [5.74, 6) is -1.29. The summed E-state index contributed by atoms with van der Waals surface area (Å²) in [4.78, 5) is 31.6. The van der Waals surface area contributed by atoms with E-state index in [9.17, 15) is 35.1 Å². The predicted octanol–water partition coefficient (Wildman–Crippen LogP) is 1.21. The molecule has 1 aliphatic carbocycles. The van der Waals surface area contributed by atoms with Crippen molar-refractivity contribution in [2.45, 2.75) is 63.3 Å². The van der Waals surface area contributed by atoms with Crippen molar-refractivity contribution in [3.8, 4) is 17.2 Å². The molecule has 0 spiro atoms. The van der Waals surface area contributed by atoms with Gasteiger partial charge in [-0.15, -0.1) is 0 Å². The molecule has 3 aromatic rings. The number of aliphatic hydroxyl groups excluding tert-OH is 3. The van der Waals surface area contributed by atoms with E-state index < -0.39 is 48.4 Å². The quantitative estimate of drug-likeness (QED) is 0.170. The number of anilines is 1. The number of fused-ring (bicyclic) bond motifs is 2. The number of hydrogen-bond acceptors (Lipinski definition) is 12. The van der Waals surface area contributed by atoms with Crippen molar-refractivity contribution in [1.29, 1.82) is 0 Å². The van der Waals surface area contributed by atoms with Gasteiger partial charge in [0.05, 0.1) is 24.8 Å². The minimum Gasteiger partial charge on any atom is -0.507 e. The molecular formula is C31H34N2O10. The number of carbonyl (C=O) groups is 2. The van der Waals surface area contributed by atoms with Crippen LogP contribution in [0.5, 0.6) is 17.2 Å². The standard InChI is InChI=1S/C31H34N2O10/c1-4-16-19(41-3)12-20(25-24(16)26(36)17-9-14(2)10-18(35)23(17)27(25)37)42-30-28(38)29(39)31(40,21(13-34)43-30)7-5-15-6-8-33-22(32)11-15/h6,8-12,21,28-30,34-35,38-40H,4-5,7,13H2,1-3H3,(H2,32,33). The molecule has 0 saturated carbocycles. The molecule has 1 aliphatic heterocycles. The highest BCUT2D eigenvalue weighted by atomic mass is 16.7. The highest BCUT2D eigenvalue weighted by Gasteiger charge is 2.55. The van der Waals surface area contributed by atoms with Gasteiger partial charge in [-0.25, -0.2) is 4.98 Å². The van der Waals surface area contributed by atoms with Gasteiger partial charge in [-0.3, -0.25) is 9.59 Å². The number of nitrogen functional groups attached to an aromatic ring is 1. The molecule has 0 radical (unpaired) electrons. The monoisotopic (exact) mass is 594 g/mol. The average Bonchev–Trinajstić information content (AvgIpc) is 2.98. The lowest BCUT2D eigenvalue weighted by atomic mass is 9.79. The van der Waals surface area contributed by atoms with E-state index in [0.29, 0.717) is 23.1 Å². The second kappa shape index (κ2) is 11.5. The van der Waals surface area contributed by atoms with E-state index in [0.717, 1.165) is 0 Å². The molecule has 43 heavy (non-hydrogen) atoms. The number of rotatable bonds is 8. The molecule has 5 atom stereocenters. The van der Waals surface area contributed by atoms with Crippen molar-refractivity contribution in [2.24, 2.45) is 0 Å². The number of hydrogen-bond donors (Lipinski definition) is 6. The number of pyridine rings is 1. The number of aryl methyl sites for hydroxylation is 2. The third-order valence-electron chi connectivity index (χ3n) is 8.16. The number of aromatic hydroxyl groups is 1. The zero-order chi connectivity index (χ0) is 31.2. The van der Waals surface area contributed by atoms with E-state index in [2.05, 4.69) is 4.98 Å². The number of aliphatic hydroxyl groups is 4. The Kier molecular flexibility index (Phi) is 8.16. The smallest absolute Gasteiger partial charge is 0.229 e. The summed E-state index contributed by atoms with van der Waals surface area (Å²) < 4.78 is 17.3. The lowest BCUT2D eigenvalue weighted by molar-refractivity contribution is -0.314. The first-order valence-electron chi connectivity index (χ1n) is 13.8. The van der Waals surface area contributed by atoms with Crippen molar-refractivity contribution in [3.63, 3.8) is 0 Å². The minimum absolute atomic E-state index is 0.0250. The van der Waals surface area contributed by atoms with Gasteiger partial charge in [0.15, 0.2) is 5.78 Å². The summed E-state index contributed by atoms with van der Waals surface area (Å²) in [6.45, 7) is 2.73. The number of phenols is 1. The van der Waals surface area contributed by atoms with Gasteiger partial charge in [0.1, 0.15) is 47.0 Å². The van der Waals surface area contributed by atoms with Gasteiger partial charge in [0.25, 0.3) is 0 Å². The molecular weight excluding hydrogens is 560 g/mol. The van der Waals surface area contributed by atoms with Crippen molar-refractivity contribution in [1.82, 2.24) is 4.98 Å². The fraction of sp³-hybridized carbons (Fsp3) is 0.387. The van der Waals surface area contributed by atoms with Crippen LogP contribution in [0.1, 0.15) is 61.9 Å². The van der Waals surface area contributed by atoms with Crippen LogP contribution in [-0.4, -0.2) is 86.0 Å². The van der Waals surface area contributed by atoms with E-state index in [4.69, 9.17) is 19.9 Å². The Morgan fingerprint density at radius 2 is 1.81 bits per heavy atom. The third kappa shape index (κ3) is 5.11. The maximum absolute atomic E-state index is 13.9. The van der Waals surface area contributed by atoms with Crippen LogP contribution in [0.25, 0.3) is 0 Å². The number of methoxy groups -OCH3 is 1. The van der Waals surface area contributed by atoms with E-state index in [1.165, 1.54) is 31.5 Å². The lowest BCUT2D eigenvalue weighted by Gasteiger charge is -2.48. The molecule has 5 unspecified atom stereocenters. The molecule has 12 nitrogen and oxygen atoms in total. The Morgan fingerprint density at radius 3 is 2.47 bits per heavy atom. The van der Waals surface area contributed by atoms with Crippen LogP contribution in [-0.2, 0) is 17.6 Å². The Labute approximate surface area is 247 Å². The molecule has 12 heteroatoms. The third-order valence-corrected chi connectivity index (χ3v) is 8.16. The number of ether oxygens (including phenoxy) is 3. The Balaban J connectivity index is 1.52. The highest BCUT2D eigenvalue weighted by Crippen LogP contribution is 2.44. The van der Waals surface area contributed by atoms with Crippen LogP contribution >= 0.6 is 0 Å². The van der Waals surface area contributed by atoms with Gasteiger partial charge in [-0.1, -0.05) is 6.92 Å². The summed E-state index contributed by atoms with van der Waals surface area (Å²) in [6, 6.07) is 7.54. The second-order valence-corrected chi connectivity index (χ2v) is 10.8. The normalized spacial score (nSPS) is 24.8. The first-order chi connectivity index (χ1) is 20.4. The maximum Gasteiger partial charge on any atom is 0.229 e. The van der Waals surface area contributed by atoms with E-state index in [1.807, 2.05) is 0 Å². The van der Waals surface area contributed by atoms with Crippen molar-refractivity contribution in [3.05, 3.63) is 75.5 Å². The zero-order valence-corrected chi connectivity index (χ0v) is 23.9. The Bertz CT molecular complexity index is 1590. The molecule has 2 heterocycles. The summed E-state index contributed by atoms with van der Waals surface area (Å²) in [5.41, 5.74) is 5.07. The number of carbonyl (C=O) groups excluding carboxylic acids is 2. The van der Waals surface area contributed by atoms with Crippen LogP contribution in [0.4, 0.5) is 5.82 Å². The second-order valence-electron chi connectivity index (χ2n) is 10.8. The zero-order valence-electron chi connectivity index (χ0n) is 23.9. The largest absolute Gasteiger partial charge is 0.507 e. The van der Waals surface area contributed by atoms with Gasteiger partial charge < -0.3 is 45.5 Å². The summed E-state index contributed by atoms with van der Waals surface area (Å²) >= 11 is 0. The van der Waals surface area contributed by atoms with E-state index in [1.54, 1.807) is 26.0 Å². The Morgan fingerprint density at radius 1 is 1.07 bits per heavy atom. The molecule has 1 saturated heterocycles. The van der Waals surface area contributed by atoms with Crippen LogP contribution in [0.2, 0.25) is 0 Å². The summed E-state index contributed by atoms with van der Waals surface area (Å²) in [5, 5.41) is 54.4. The lowest BCUT2D eigenvalue weighted by Crippen LogP contribution is -2.68. The number of nitrogens with zero attached hydrogens (tertiary/aromatic N) is 1. The fourth-order valence-electron chi connectivity index (χ4n) is 5.94. The van der Waals surface area contributed by atoms with Crippen molar-refractivity contribution >= 4 is 17.4 Å². The van der Waals surface area contributed by atoms with E-state index in [-0.39, 0.29) is 58.2 Å². The van der Waals surface area contributed by atoms with Crippen LogP contribution in [0.15, 0.2) is 36.5 Å². The van der Waals surface area contributed by atoms with E-state index >= 15 is 0 Å². The van der Waals surface area contributed by atoms with Gasteiger partial charge >= 0.3 is 0 Å². The van der Waals surface area contributed by atoms with Gasteiger partial charge in [-0.2, -0.15) is 0 Å². The number of ketones is 2. The topological polar surface area (TPSA) is 202 Å². The molecule has 228 valence electrons. The molecule has 0 bridgehead atoms. The average molecular weight is 595 g/mol. The summed E-state index contributed by atoms with van der Waals surface area (Å²) in [6.07, 6.45) is -4.88.